The van der Waals surface area contributed by atoms with Crippen molar-refractivity contribution in [2.75, 3.05) is 14.7 Å². The minimum absolute atomic E-state index is 0.0600. The molecule has 4 nitrogen and oxygen atoms in total. The highest BCUT2D eigenvalue weighted by Crippen LogP contribution is 2.63. The average molecular weight is 960 g/mol. The van der Waals surface area contributed by atoms with Gasteiger partial charge in [-0.15, -0.1) is 0 Å². The van der Waals surface area contributed by atoms with Crippen molar-refractivity contribution in [2.24, 2.45) is 0 Å². The number of rotatable bonds is 6. The molecule has 0 amide bonds. The molecule has 0 saturated heterocycles. The Balaban J connectivity index is 1.04. The number of hydrogen-bond donors (Lipinski definition) is 0. The summed E-state index contributed by atoms with van der Waals surface area (Å²) in [5.74, 6) is 1.70. The molecule has 15 rings (SSSR count). The van der Waals surface area contributed by atoms with Crippen LogP contribution in [0.5, 0.6) is 11.5 Å². The molecule has 1 aliphatic carbocycles. The van der Waals surface area contributed by atoms with E-state index in [1.807, 2.05) is 0 Å². The van der Waals surface area contributed by atoms with Gasteiger partial charge in [-0.1, -0.05) is 164 Å². The van der Waals surface area contributed by atoms with Crippen LogP contribution >= 0.6 is 0 Å². The molecule has 11 aromatic carbocycles. The molecule has 354 valence electrons. The van der Waals surface area contributed by atoms with Crippen molar-refractivity contribution < 1.29 is 4.74 Å². The lowest BCUT2D eigenvalue weighted by Crippen LogP contribution is -2.61. The minimum Gasteiger partial charge on any atom is -0.457 e. The fraction of sp³-hybridized carbons (Fsp3) is 0.0571. The maximum atomic E-state index is 7.20. The van der Waals surface area contributed by atoms with Crippen molar-refractivity contribution in [3.05, 3.63) is 288 Å². The van der Waals surface area contributed by atoms with Crippen LogP contribution in [0.1, 0.15) is 38.9 Å². The molecule has 0 fully saturated rings. The standard InChI is InChI=1S/C70H50BN3O/c1-45-20-19-27-51(38-45)73-63-39-46(2)34-37-60(63)71-61-43-55-54-29-13-15-30-56(54)70(59(55)44-64(61)74(66-41-47(3)40-65(73)69(66)71)62-32-17-14-28-53(62)48-21-7-4-8-22-48)57-31-16-18-33-67(57)75-68-42-52(35-36-58(68)70)72(49-23-9-5-10-24-49)50-25-11-6-12-26-50/h4-44H,1-3H3/t70-/m0/s1. The SMILES string of the molecule is Cc1cccc(N2c3cc(C)ccc3B3c4cc5c(cc4N(c4ccccc4-c4ccccc4)c4cc(C)cc2c43)[C@]2(c3ccccc3Oc3cc(N(c4ccccc4)c4ccccc4)ccc32)c2ccccc2-5)c1. The summed E-state index contributed by atoms with van der Waals surface area (Å²) in [7, 11) is 0. The monoisotopic (exact) mass is 959 g/mol. The van der Waals surface area contributed by atoms with E-state index in [1.165, 1.54) is 89.2 Å². The van der Waals surface area contributed by atoms with Gasteiger partial charge in [0.15, 0.2) is 0 Å². The first-order valence-electron chi connectivity index (χ1n) is 26.1. The summed E-state index contributed by atoms with van der Waals surface area (Å²) in [4.78, 5) is 7.46. The van der Waals surface area contributed by atoms with E-state index in [-0.39, 0.29) is 6.71 Å². The van der Waals surface area contributed by atoms with Crippen molar-refractivity contribution in [1.29, 1.82) is 0 Å². The van der Waals surface area contributed by atoms with Crippen LogP contribution in [0, 0.1) is 20.8 Å². The van der Waals surface area contributed by atoms with Crippen molar-refractivity contribution in [3.63, 3.8) is 0 Å². The van der Waals surface area contributed by atoms with Crippen LogP contribution in [0.3, 0.4) is 0 Å². The van der Waals surface area contributed by atoms with Crippen molar-refractivity contribution in [3.8, 4) is 33.8 Å². The quantitative estimate of drug-likeness (QED) is 0.155. The highest BCUT2D eigenvalue weighted by Gasteiger charge is 2.53. The second kappa shape index (κ2) is 16.6. The van der Waals surface area contributed by atoms with E-state index in [0.717, 1.165) is 51.1 Å². The van der Waals surface area contributed by atoms with Gasteiger partial charge in [0.1, 0.15) is 11.5 Å². The van der Waals surface area contributed by atoms with Crippen LogP contribution in [0.4, 0.5) is 51.2 Å². The lowest BCUT2D eigenvalue weighted by atomic mass is 9.33. The van der Waals surface area contributed by atoms with E-state index in [9.17, 15) is 0 Å². The number of fused-ring (bicyclic) bond motifs is 13. The van der Waals surface area contributed by atoms with E-state index in [1.54, 1.807) is 0 Å². The van der Waals surface area contributed by atoms with Gasteiger partial charge in [0.2, 0.25) is 0 Å². The van der Waals surface area contributed by atoms with Crippen molar-refractivity contribution in [1.82, 2.24) is 0 Å². The minimum atomic E-state index is -0.722. The van der Waals surface area contributed by atoms with Gasteiger partial charge in [-0.3, -0.25) is 0 Å². The zero-order valence-electron chi connectivity index (χ0n) is 42.0. The second-order valence-corrected chi connectivity index (χ2v) is 20.6. The Kier molecular flexibility index (Phi) is 9.58. The summed E-state index contributed by atoms with van der Waals surface area (Å²) in [6, 6.07) is 92.1. The van der Waals surface area contributed by atoms with Crippen LogP contribution in [0.15, 0.2) is 249 Å². The molecule has 75 heavy (non-hydrogen) atoms. The number of hydrogen-bond acceptors (Lipinski definition) is 4. The largest absolute Gasteiger partial charge is 0.457 e. The van der Waals surface area contributed by atoms with Crippen LogP contribution in [-0.4, -0.2) is 6.71 Å². The maximum Gasteiger partial charge on any atom is 0.252 e. The van der Waals surface area contributed by atoms with Gasteiger partial charge in [0.25, 0.3) is 6.71 Å². The molecule has 0 N–H and O–H groups in total. The summed E-state index contributed by atoms with van der Waals surface area (Å²) >= 11 is 0. The number of anilines is 9. The zero-order chi connectivity index (χ0) is 49.9. The van der Waals surface area contributed by atoms with Gasteiger partial charge in [-0.25, -0.2) is 0 Å². The van der Waals surface area contributed by atoms with Gasteiger partial charge in [0, 0.05) is 68.3 Å². The van der Waals surface area contributed by atoms with Crippen LogP contribution in [-0.2, 0) is 5.41 Å². The molecule has 0 aromatic heterocycles. The topological polar surface area (TPSA) is 19.0 Å². The molecular weight excluding hydrogens is 910 g/mol. The smallest absolute Gasteiger partial charge is 0.252 e. The number of nitrogens with zero attached hydrogens (tertiary/aromatic N) is 3. The molecule has 3 aliphatic heterocycles. The fourth-order valence-corrected chi connectivity index (χ4v) is 13.2. The normalized spacial score (nSPS) is 14.9. The Morgan fingerprint density at radius 2 is 0.973 bits per heavy atom. The summed E-state index contributed by atoms with van der Waals surface area (Å²) < 4.78 is 7.20. The summed E-state index contributed by atoms with van der Waals surface area (Å²) in [5, 5.41) is 0. The third kappa shape index (κ3) is 6.37. The van der Waals surface area contributed by atoms with E-state index in [0.29, 0.717) is 0 Å². The molecule has 11 aromatic rings. The van der Waals surface area contributed by atoms with Crippen LogP contribution < -0.4 is 35.8 Å². The molecule has 1 atom stereocenters. The van der Waals surface area contributed by atoms with E-state index in [4.69, 9.17) is 4.74 Å². The molecule has 5 heteroatoms. The summed E-state index contributed by atoms with van der Waals surface area (Å²) in [6.45, 7) is 6.62. The molecule has 0 saturated carbocycles. The van der Waals surface area contributed by atoms with E-state index in [2.05, 4.69) is 284 Å². The van der Waals surface area contributed by atoms with Gasteiger partial charge in [-0.05, 0) is 161 Å². The summed E-state index contributed by atoms with van der Waals surface area (Å²) in [5.41, 5.74) is 26.7. The number of aryl methyl sites for hydroxylation is 3. The van der Waals surface area contributed by atoms with Gasteiger partial charge in [0.05, 0.1) is 11.1 Å². The fourth-order valence-electron chi connectivity index (χ4n) is 13.2. The Morgan fingerprint density at radius 3 is 1.73 bits per heavy atom. The predicted octanol–water partition coefficient (Wildman–Crippen LogP) is 16.3. The van der Waals surface area contributed by atoms with E-state index < -0.39 is 5.41 Å². The average Bonchev–Trinajstić information content (AvgIpc) is 3.99. The highest BCUT2D eigenvalue weighted by atomic mass is 16.5. The van der Waals surface area contributed by atoms with Gasteiger partial charge >= 0.3 is 0 Å². The first-order chi connectivity index (χ1) is 36.9. The Hall–Kier alpha value is -9.32. The Morgan fingerprint density at radius 1 is 0.360 bits per heavy atom. The number of para-hydroxylation sites is 4. The Labute approximate surface area is 439 Å². The third-order valence-corrected chi connectivity index (χ3v) is 16.2. The first kappa shape index (κ1) is 43.3. The molecule has 0 radical (unpaired) electrons. The highest BCUT2D eigenvalue weighted by molar-refractivity contribution is 7.00. The molecule has 0 unspecified atom stereocenters. The maximum absolute atomic E-state index is 7.20. The lowest BCUT2D eigenvalue weighted by Gasteiger charge is -2.45. The zero-order valence-corrected chi connectivity index (χ0v) is 42.0. The summed E-state index contributed by atoms with van der Waals surface area (Å²) in [6.07, 6.45) is 0. The van der Waals surface area contributed by atoms with E-state index >= 15 is 0 Å². The lowest BCUT2D eigenvalue weighted by molar-refractivity contribution is 0.436. The number of benzene rings is 11. The molecule has 3 heterocycles. The van der Waals surface area contributed by atoms with Crippen molar-refractivity contribution in [2.45, 2.75) is 26.2 Å². The van der Waals surface area contributed by atoms with Crippen molar-refractivity contribution >= 4 is 74.3 Å². The first-order valence-corrected chi connectivity index (χ1v) is 26.1. The van der Waals surface area contributed by atoms with Gasteiger partial charge in [-0.2, -0.15) is 0 Å². The molecular formula is C70H50BN3O. The molecule has 0 bridgehead atoms. The third-order valence-electron chi connectivity index (χ3n) is 16.2. The van der Waals surface area contributed by atoms with Gasteiger partial charge < -0.3 is 19.4 Å². The Bertz CT molecular complexity index is 4080. The van der Waals surface area contributed by atoms with Crippen LogP contribution in [0.25, 0.3) is 22.3 Å². The number of ether oxygens (including phenoxy) is 1. The molecule has 4 aliphatic rings. The van der Waals surface area contributed by atoms with Crippen LogP contribution in [0.2, 0.25) is 0 Å². The second-order valence-electron chi connectivity index (χ2n) is 20.6. The predicted molar refractivity (Wildman–Crippen MR) is 312 cm³/mol. The molecule has 1 spiro atoms.